The third-order valence-corrected chi connectivity index (χ3v) is 3.99. The van der Waals surface area contributed by atoms with Gasteiger partial charge in [-0.3, -0.25) is 4.79 Å². The van der Waals surface area contributed by atoms with Gasteiger partial charge < -0.3 is 13.6 Å². The van der Waals surface area contributed by atoms with Crippen LogP contribution in [0.2, 0.25) is 0 Å². The van der Waals surface area contributed by atoms with Crippen molar-refractivity contribution in [3.8, 4) is 17.1 Å². The molecule has 0 amide bonds. The minimum Gasteiger partial charge on any atom is -0.497 e. The van der Waals surface area contributed by atoms with E-state index >= 15 is 0 Å². The molecule has 2 aromatic heterocycles. The van der Waals surface area contributed by atoms with Crippen molar-refractivity contribution < 1.29 is 13.6 Å². The summed E-state index contributed by atoms with van der Waals surface area (Å²) >= 11 is 0. The van der Waals surface area contributed by atoms with Crippen molar-refractivity contribution in [3.05, 3.63) is 64.5 Å². The van der Waals surface area contributed by atoms with E-state index in [-0.39, 0.29) is 5.43 Å². The Morgan fingerprint density at radius 2 is 1.83 bits per heavy atom. The molecule has 4 aromatic rings. The molecule has 4 heteroatoms. The zero-order chi connectivity index (χ0) is 16.0. The van der Waals surface area contributed by atoms with Gasteiger partial charge in [0.2, 0.25) is 0 Å². The van der Waals surface area contributed by atoms with Gasteiger partial charge >= 0.3 is 0 Å². The molecule has 0 spiro atoms. The van der Waals surface area contributed by atoms with Gasteiger partial charge in [0.05, 0.1) is 24.1 Å². The number of furan rings is 1. The fraction of sp³-hybridized carbons (Fsp3) is 0.105. The number of ether oxygens (including phenoxy) is 1. The summed E-state index contributed by atoms with van der Waals surface area (Å²) in [5.74, 6) is 1.28. The number of methoxy groups -OCH3 is 1. The minimum absolute atomic E-state index is 0.0698. The molecule has 0 unspecified atom stereocenters. The molecule has 4 rings (SSSR count). The van der Waals surface area contributed by atoms with E-state index in [2.05, 4.69) is 0 Å². The van der Waals surface area contributed by atoms with Crippen LogP contribution in [0, 0.1) is 6.92 Å². The van der Waals surface area contributed by atoms with Gasteiger partial charge in [-0.15, -0.1) is 0 Å². The molecule has 0 saturated heterocycles. The van der Waals surface area contributed by atoms with E-state index in [1.807, 2.05) is 31.2 Å². The monoisotopic (exact) mass is 306 g/mol. The molecule has 0 fully saturated rings. The van der Waals surface area contributed by atoms with Crippen LogP contribution in [-0.4, -0.2) is 7.11 Å². The topological polar surface area (TPSA) is 52.6 Å². The lowest BCUT2D eigenvalue weighted by molar-refractivity contribution is 0.415. The van der Waals surface area contributed by atoms with E-state index in [9.17, 15) is 4.79 Å². The third kappa shape index (κ3) is 2.11. The maximum absolute atomic E-state index is 12.5. The molecule has 2 aromatic carbocycles. The van der Waals surface area contributed by atoms with Crippen molar-refractivity contribution in [2.24, 2.45) is 0 Å². The summed E-state index contributed by atoms with van der Waals surface area (Å²) in [6.07, 6.45) is 1.67. The van der Waals surface area contributed by atoms with Crippen molar-refractivity contribution >= 4 is 21.9 Å². The average molecular weight is 306 g/mol. The molecule has 0 aliphatic rings. The first-order valence-corrected chi connectivity index (χ1v) is 7.26. The second-order valence-electron chi connectivity index (χ2n) is 5.44. The highest BCUT2D eigenvalue weighted by Crippen LogP contribution is 2.31. The number of fused-ring (bicyclic) bond motifs is 3. The zero-order valence-electron chi connectivity index (χ0n) is 12.8. The molecule has 0 aliphatic carbocycles. The molecular weight excluding hydrogens is 292 g/mol. The van der Waals surface area contributed by atoms with Crippen molar-refractivity contribution in [1.29, 1.82) is 0 Å². The van der Waals surface area contributed by atoms with Crippen LogP contribution < -0.4 is 10.2 Å². The van der Waals surface area contributed by atoms with E-state index in [4.69, 9.17) is 13.6 Å². The lowest BCUT2D eigenvalue weighted by atomic mass is 10.1. The Hall–Kier alpha value is -3.01. The first-order valence-electron chi connectivity index (χ1n) is 7.26. The van der Waals surface area contributed by atoms with Gasteiger partial charge in [-0.2, -0.15) is 0 Å². The predicted octanol–water partition coefficient (Wildman–Crippen LogP) is 4.52. The molecular formula is C19H14O4. The highest BCUT2D eigenvalue weighted by atomic mass is 16.5. The van der Waals surface area contributed by atoms with Crippen LogP contribution in [0.3, 0.4) is 0 Å². The summed E-state index contributed by atoms with van der Waals surface area (Å²) in [5, 5.41) is 1.40. The Balaban J connectivity index is 2.02. The summed E-state index contributed by atoms with van der Waals surface area (Å²) in [4.78, 5) is 12.5. The maximum Gasteiger partial charge on any atom is 0.193 e. The lowest BCUT2D eigenvalue weighted by Gasteiger charge is -2.05. The van der Waals surface area contributed by atoms with Crippen LogP contribution in [0.4, 0.5) is 0 Å². The van der Waals surface area contributed by atoms with E-state index in [0.717, 1.165) is 22.3 Å². The third-order valence-electron chi connectivity index (χ3n) is 3.99. The molecule has 0 aliphatic heterocycles. The van der Waals surface area contributed by atoms with Crippen LogP contribution in [0.5, 0.6) is 5.75 Å². The molecule has 0 N–H and O–H groups in total. The van der Waals surface area contributed by atoms with E-state index in [1.165, 1.54) is 6.07 Å². The standard InChI is InChI=1S/C19H14O4/c1-11-10-22-16-8-7-14-15(20)9-17(23-19(14)18(11)16)12-3-5-13(21-2)6-4-12/h3-10H,1-2H3. The molecule has 23 heavy (non-hydrogen) atoms. The van der Waals surface area contributed by atoms with Crippen molar-refractivity contribution in [2.75, 3.05) is 7.11 Å². The van der Waals surface area contributed by atoms with Gasteiger partial charge in [-0.1, -0.05) is 0 Å². The second kappa shape index (κ2) is 5.02. The van der Waals surface area contributed by atoms with Crippen LogP contribution in [0.1, 0.15) is 5.56 Å². The fourth-order valence-corrected chi connectivity index (χ4v) is 2.78. The average Bonchev–Trinajstić information content (AvgIpc) is 2.96. The molecule has 114 valence electrons. The Morgan fingerprint density at radius 3 is 2.57 bits per heavy atom. The summed E-state index contributed by atoms with van der Waals surface area (Å²) in [6, 6.07) is 12.5. The Morgan fingerprint density at radius 1 is 1.04 bits per heavy atom. The number of rotatable bonds is 2. The summed E-state index contributed by atoms with van der Waals surface area (Å²) in [7, 11) is 1.61. The Bertz CT molecular complexity index is 1070. The second-order valence-corrected chi connectivity index (χ2v) is 5.44. The van der Waals surface area contributed by atoms with Gasteiger partial charge in [0.25, 0.3) is 0 Å². The SMILES string of the molecule is COc1ccc(-c2cc(=O)c3ccc4occ(C)c4c3o2)cc1. The first kappa shape index (κ1) is 13.6. The molecule has 0 atom stereocenters. The summed E-state index contributed by atoms with van der Waals surface area (Å²) in [6.45, 7) is 1.94. The highest BCUT2D eigenvalue weighted by molar-refractivity contribution is 6.04. The molecule has 0 bridgehead atoms. The molecule has 0 saturated carbocycles. The quantitative estimate of drug-likeness (QED) is 0.546. The summed E-state index contributed by atoms with van der Waals surface area (Å²) in [5.41, 5.74) is 2.97. The van der Waals surface area contributed by atoms with E-state index < -0.39 is 0 Å². The molecule has 2 heterocycles. The van der Waals surface area contributed by atoms with Gasteiger partial charge in [0.15, 0.2) is 5.43 Å². The van der Waals surface area contributed by atoms with Crippen LogP contribution >= 0.6 is 0 Å². The fourth-order valence-electron chi connectivity index (χ4n) is 2.78. The van der Waals surface area contributed by atoms with Crippen molar-refractivity contribution in [3.63, 3.8) is 0 Å². The van der Waals surface area contributed by atoms with E-state index in [0.29, 0.717) is 22.3 Å². The lowest BCUT2D eigenvalue weighted by Crippen LogP contribution is -2.00. The van der Waals surface area contributed by atoms with Crippen molar-refractivity contribution in [1.82, 2.24) is 0 Å². The minimum atomic E-state index is -0.0698. The highest BCUT2D eigenvalue weighted by Gasteiger charge is 2.13. The Labute approximate surface area is 131 Å². The number of aryl methyl sites for hydroxylation is 1. The predicted molar refractivity (Wildman–Crippen MR) is 89.0 cm³/mol. The van der Waals surface area contributed by atoms with Crippen molar-refractivity contribution in [2.45, 2.75) is 6.92 Å². The normalized spacial score (nSPS) is 11.2. The Kier molecular flexibility index (Phi) is 2.98. The van der Waals surface area contributed by atoms with Gasteiger partial charge in [0, 0.05) is 11.6 Å². The van der Waals surface area contributed by atoms with Crippen LogP contribution in [0.15, 0.2) is 62.4 Å². The van der Waals surface area contributed by atoms with Crippen LogP contribution in [-0.2, 0) is 0 Å². The van der Waals surface area contributed by atoms with E-state index in [1.54, 1.807) is 25.5 Å². The van der Waals surface area contributed by atoms with Gasteiger partial charge in [-0.05, 0) is 48.9 Å². The smallest absolute Gasteiger partial charge is 0.193 e. The number of hydrogen-bond acceptors (Lipinski definition) is 4. The number of benzene rings is 2. The summed E-state index contributed by atoms with van der Waals surface area (Å²) < 4.78 is 16.7. The van der Waals surface area contributed by atoms with Gasteiger partial charge in [0.1, 0.15) is 22.7 Å². The largest absolute Gasteiger partial charge is 0.497 e. The zero-order valence-corrected chi connectivity index (χ0v) is 12.8. The molecule has 0 radical (unpaired) electrons. The van der Waals surface area contributed by atoms with Crippen LogP contribution in [0.25, 0.3) is 33.3 Å². The number of hydrogen-bond donors (Lipinski definition) is 0. The maximum atomic E-state index is 12.5. The molecule has 4 nitrogen and oxygen atoms in total. The van der Waals surface area contributed by atoms with Gasteiger partial charge in [-0.25, -0.2) is 0 Å². The first-order chi connectivity index (χ1) is 11.2.